The largest absolute Gasteiger partial charge is 0.497 e. The number of carbonyl (C=O) groups is 1. The third-order valence-electron chi connectivity index (χ3n) is 5.23. The number of likely N-dealkylation sites (tertiary alicyclic amines) is 1. The van der Waals surface area contributed by atoms with Crippen LogP contribution in [0.2, 0.25) is 0 Å². The Labute approximate surface area is 171 Å². The molecule has 1 amide bonds. The number of methoxy groups -OCH3 is 2. The highest BCUT2D eigenvalue weighted by atomic mass is 32.2. The monoisotopic (exact) mass is 418 g/mol. The van der Waals surface area contributed by atoms with E-state index in [4.69, 9.17) is 9.47 Å². The Balaban J connectivity index is 1.82. The Morgan fingerprint density at radius 1 is 1.07 bits per heavy atom. The van der Waals surface area contributed by atoms with Crippen molar-refractivity contribution >= 4 is 15.9 Å². The van der Waals surface area contributed by atoms with Crippen molar-refractivity contribution in [1.29, 1.82) is 0 Å². The summed E-state index contributed by atoms with van der Waals surface area (Å²) in [7, 11) is 2.20. The molecule has 29 heavy (non-hydrogen) atoms. The summed E-state index contributed by atoms with van der Waals surface area (Å²) >= 11 is 0. The van der Waals surface area contributed by atoms with Crippen LogP contribution in [0.3, 0.4) is 0 Å². The number of benzene rings is 2. The Morgan fingerprint density at radius 3 is 2.34 bits per heavy atom. The van der Waals surface area contributed by atoms with Gasteiger partial charge < -0.3 is 14.4 Å². The van der Waals surface area contributed by atoms with Crippen molar-refractivity contribution in [1.82, 2.24) is 9.21 Å². The molecule has 8 heteroatoms. The fourth-order valence-corrected chi connectivity index (χ4v) is 4.56. The lowest BCUT2D eigenvalue weighted by molar-refractivity contribution is 0.0790. The summed E-state index contributed by atoms with van der Waals surface area (Å²) in [6, 6.07) is 12.4. The molecule has 1 aliphatic heterocycles. The van der Waals surface area contributed by atoms with Crippen LogP contribution in [-0.4, -0.2) is 64.9 Å². The fraction of sp³-hybridized carbons (Fsp3) is 0.381. The highest BCUT2D eigenvalue weighted by Crippen LogP contribution is 2.31. The molecular weight excluding hydrogens is 392 g/mol. The molecule has 1 saturated heterocycles. The molecule has 0 aliphatic carbocycles. The quantitative estimate of drug-likeness (QED) is 0.721. The summed E-state index contributed by atoms with van der Waals surface area (Å²) in [6.07, 6.45) is 0.858. The van der Waals surface area contributed by atoms with Gasteiger partial charge in [-0.25, -0.2) is 12.7 Å². The summed E-state index contributed by atoms with van der Waals surface area (Å²) in [4.78, 5) is 14.8. The fourth-order valence-electron chi connectivity index (χ4n) is 3.48. The molecule has 0 N–H and O–H groups in total. The number of nitrogens with zero attached hydrogens (tertiary/aromatic N) is 2. The second-order valence-electron chi connectivity index (χ2n) is 7.16. The SMILES string of the molecule is COc1ccc(C2CCN(C(=O)c3ccc(OC)c(S(=O)(=O)N(C)C)c3)C2)cc1. The van der Waals surface area contributed by atoms with Crippen LogP contribution in [0.5, 0.6) is 11.5 Å². The summed E-state index contributed by atoms with van der Waals surface area (Å²) in [5.74, 6) is 1.08. The highest BCUT2D eigenvalue weighted by molar-refractivity contribution is 7.89. The lowest BCUT2D eigenvalue weighted by atomic mass is 9.98. The summed E-state index contributed by atoms with van der Waals surface area (Å²) in [5, 5.41) is 0. The van der Waals surface area contributed by atoms with Gasteiger partial charge in [-0.3, -0.25) is 4.79 Å². The predicted octanol–water partition coefficient (Wildman–Crippen LogP) is 2.58. The zero-order valence-electron chi connectivity index (χ0n) is 17.1. The molecule has 1 unspecified atom stereocenters. The van der Waals surface area contributed by atoms with Crippen molar-refractivity contribution in [3.8, 4) is 11.5 Å². The Bertz CT molecular complexity index is 987. The van der Waals surface area contributed by atoms with Crippen molar-refractivity contribution in [3.05, 3.63) is 53.6 Å². The van der Waals surface area contributed by atoms with E-state index in [-0.39, 0.29) is 22.5 Å². The van der Waals surface area contributed by atoms with Gasteiger partial charge >= 0.3 is 0 Å². The number of ether oxygens (including phenoxy) is 2. The predicted molar refractivity (Wildman–Crippen MR) is 110 cm³/mol. The van der Waals surface area contributed by atoms with Crippen molar-refractivity contribution in [2.45, 2.75) is 17.2 Å². The molecule has 7 nitrogen and oxygen atoms in total. The van der Waals surface area contributed by atoms with Gasteiger partial charge in [-0.05, 0) is 42.3 Å². The topological polar surface area (TPSA) is 76.1 Å². The molecular formula is C21H26N2O5S. The van der Waals surface area contributed by atoms with E-state index in [2.05, 4.69) is 0 Å². The third kappa shape index (κ3) is 4.23. The Hall–Kier alpha value is -2.58. The number of rotatable bonds is 6. The van der Waals surface area contributed by atoms with Gasteiger partial charge in [-0.2, -0.15) is 0 Å². The van der Waals surface area contributed by atoms with E-state index in [1.807, 2.05) is 24.3 Å². The van der Waals surface area contributed by atoms with Crippen LogP contribution < -0.4 is 9.47 Å². The maximum Gasteiger partial charge on any atom is 0.253 e. The molecule has 0 bridgehead atoms. The van der Waals surface area contributed by atoms with Gasteiger partial charge in [-0.1, -0.05) is 12.1 Å². The average molecular weight is 419 g/mol. The Morgan fingerprint density at radius 2 is 1.76 bits per heavy atom. The molecule has 2 aromatic rings. The van der Waals surface area contributed by atoms with Crippen LogP contribution in [0.1, 0.15) is 28.3 Å². The second-order valence-corrected chi connectivity index (χ2v) is 9.28. The summed E-state index contributed by atoms with van der Waals surface area (Å²) in [5.41, 5.74) is 1.49. The van der Waals surface area contributed by atoms with Crippen LogP contribution in [0.25, 0.3) is 0 Å². The first kappa shape index (κ1) is 21.1. The molecule has 1 atom stereocenters. The Kier molecular flexibility index (Phi) is 6.14. The molecule has 1 fully saturated rings. The molecule has 3 rings (SSSR count). The molecule has 156 valence electrons. The van der Waals surface area contributed by atoms with Crippen molar-refractivity contribution in [2.75, 3.05) is 41.4 Å². The minimum absolute atomic E-state index is 0.0123. The van der Waals surface area contributed by atoms with Crippen LogP contribution in [0, 0.1) is 0 Å². The number of hydrogen-bond donors (Lipinski definition) is 0. The molecule has 1 aliphatic rings. The van der Waals surface area contributed by atoms with E-state index in [0.29, 0.717) is 18.7 Å². The maximum absolute atomic E-state index is 13.0. The van der Waals surface area contributed by atoms with Gasteiger partial charge in [0.15, 0.2) is 0 Å². The lowest BCUT2D eigenvalue weighted by Gasteiger charge is -2.19. The van der Waals surface area contributed by atoms with Gasteiger partial charge in [0, 0.05) is 38.7 Å². The normalized spacial score (nSPS) is 16.9. The van der Waals surface area contributed by atoms with E-state index >= 15 is 0 Å². The lowest BCUT2D eigenvalue weighted by Crippen LogP contribution is -2.29. The number of carbonyl (C=O) groups excluding carboxylic acids is 1. The maximum atomic E-state index is 13.0. The molecule has 0 radical (unpaired) electrons. The first-order valence-electron chi connectivity index (χ1n) is 9.31. The van der Waals surface area contributed by atoms with E-state index in [1.54, 1.807) is 18.1 Å². The van der Waals surface area contributed by atoms with Crippen molar-refractivity contribution < 1.29 is 22.7 Å². The third-order valence-corrected chi connectivity index (χ3v) is 7.07. The van der Waals surface area contributed by atoms with Crippen LogP contribution in [0.4, 0.5) is 0 Å². The van der Waals surface area contributed by atoms with Crippen molar-refractivity contribution in [3.63, 3.8) is 0 Å². The van der Waals surface area contributed by atoms with Gasteiger partial charge in [-0.15, -0.1) is 0 Å². The first-order chi connectivity index (χ1) is 13.8. The number of hydrogen-bond acceptors (Lipinski definition) is 5. The average Bonchev–Trinajstić information content (AvgIpc) is 3.22. The minimum Gasteiger partial charge on any atom is -0.497 e. The van der Waals surface area contributed by atoms with Gasteiger partial charge in [0.2, 0.25) is 10.0 Å². The summed E-state index contributed by atoms with van der Waals surface area (Å²) in [6.45, 7) is 1.21. The zero-order valence-corrected chi connectivity index (χ0v) is 17.9. The molecule has 1 heterocycles. The van der Waals surface area contributed by atoms with E-state index in [9.17, 15) is 13.2 Å². The number of amides is 1. The van der Waals surface area contributed by atoms with Crippen LogP contribution in [-0.2, 0) is 10.0 Å². The first-order valence-corrected chi connectivity index (χ1v) is 10.8. The highest BCUT2D eigenvalue weighted by Gasteiger charge is 2.30. The van der Waals surface area contributed by atoms with E-state index in [0.717, 1.165) is 22.0 Å². The number of sulfonamides is 1. The van der Waals surface area contributed by atoms with Gasteiger partial charge in [0.05, 0.1) is 14.2 Å². The molecule has 0 saturated carbocycles. The van der Waals surface area contributed by atoms with Gasteiger partial charge in [0.25, 0.3) is 5.91 Å². The van der Waals surface area contributed by atoms with Crippen LogP contribution >= 0.6 is 0 Å². The smallest absolute Gasteiger partial charge is 0.253 e. The van der Waals surface area contributed by atoms with E-state index in [1.165, 1.54) is 33.3 Å². The van der Waals surface area contributed by atoms with Crippen molar-refractivity contribution in [2.24, 2.45) is 0 Å². The minimum atomic E-state index is -3.73. The molecule has 0 spiro atoms. The second kappa shape index (κ2) is 8.42. The molecule has 0 aromatic heterocycles. The van der Waals surface area contributed by atoms with Gasteiger partial charge in [0.1, 0.15) is 16.4 Å². The molecule has 2 aromatic carbocycles. The summed E-state index contributed by atoms with van der Waals surface area (Å²) < 4.78 is 36.7. The zero-order chi connectivity index (χ0) is 21.2. The van der Waals surface area contributed by atoms with Crippen LogP contribution in [0.15, 0.2) is 47.4 Å². The standard InChI is InChI=1S/C21H26N2O5S/c1-22(2)29(25,26)20-13-16(7-10-19(20)28-4)21(24)23-12-11-17(14-23)15-5-8-18(27-3)9-6-15/h5-10,13,17H,11-12,14H2,1-4H3. The van der Waals surface area contributed by atoms with E-state index < -0.39 is 10.0 Å².